The highest BCUT2D eigenvalue weighted by atomic mass is 16.7. The van der Waals surface area contributed by atoms with Crippen molar-refractivity contribution >= 4 is 41.0 Å². The van der Waals surface area contributed by atoms with Gasteiger partial charge in [0.15, 0.2) is 29.2 Å². The van der Waals surface area contributed by atoms with Gasteiger partial charge in [-0.3, -0.25) is 38.5 Å². The van der Waals surface area contributed by atoms with Crippen LogP contribution in [0.2, 0.25) is 0 Å². The van der Waals surface area contributed by atoms with Gasteiger partial charge in [0.25, 0.3) is 11.8 Å². The van der Waals surface area contributed by atoms with Gasteiger partial charge in [0.2, 0.25) is 11.8 Å². The molecule has 14 heteroatoms. The molecular formula is C49H55N3O11. The van der Waals surface area contributed by atoms with E-state index in [1.54, 1.807) is 19.1 Å². The number of aliphatic hydroxyl groups is 2. The maximum Gasteiger partial charge on any atom is 0.253 e. The predicted octanol–water partition coefficient (Wildman–Crippen LogP) is 3.32. The van der Waals surface area contributed by atoms with Gasteiger partial charge in [0.05, 0.1) is 18.2 Å². The van der Waals surface area contributed by atoms with Crippen molar-refractivity contribution < 1.29 is 53.2 Å². The minimum absolute atomic E-state index is 0.00553. The van der Waals surface area contributed by atoms with Crippen LogP contribution in [0.4, 0.5) is 0 Å². The fourth-order valence-corrected chi connectivity index (χ4v) is 11.7. The second kappa shape index (κ2) is 16.9. The van der Waals surface area contributed by atoms with E-state index in [1.807, 2.05) is 61.5 Å². The summed E-state index contributed by atoms with van der Waals surface area (Å²) in [6.07, 6.45) is 8.14. The predicted molar refractivity (Wildman–Crippen MR) is 227 cm³/mol. The number of ketones is 3. The molecule has 1 unspecified atom stereocenters. The van der Waals surface area contributed by atoms with Crippen molar-refractivity contribution in [2.24, 2.45) is 28.6 Å². The fourth-order valence-electron chi connectivity index (χ4n) is 11.7. The minimum Gasteiger partial charge on any atom is -0.393 e. The molecule has 4 N–H and O–H groups in total. The zero-order chi connectivity index (χ0) is 45.0. The van der Waals surface area contributed by atoms with E-state index in [0.29, 0.717) is 19.3 Å². The number of nitrogens with zero attached hydrogens (tertiary/aromatic N) is 1. The SMILES string of the molecule is C[C@H](NC(=O)[C@H](C)NC(=O)CCN1C(=O)C=CC1=O)C(=O)Cc1cccc(Cc2ccc(C3O[C@@H]4C[C@H]5[C@@H]6CCC7=CC(=O)C=C[C@]7(C)[C@H]6[C@@H](O)C[C@]5(C)[C@]4(C(=O)CO)O3)cc2)c1. The summed E-state index contributed by atoms with van der Waals surface area (Å²) in [4.78, 5) is 89.0. The number of imide groups is 1. The van der Waals surface area contributed by atoms with Crippen LogP contribution >= 0.6 is 0 Å². The molecule has 14 nitrogen and oxygen atoms in total. The lowest BCUT2D eigenvalue weighted by Crippen LogP contribution is -2.63. The Kier molecular flexibility index (Phi) is 11.9. The van der Waals surface area contributed by atoms with Crippen LogP contribution in [0.1, 0.15) is 88.3 Å². The van der Waals surface area contributed by atoms with Crippen molar-refractivity contribution in [2.45, 2.75) is 109 Å². The van der Waals surface area contributed by atoms with Crippen molar-refractivity contribution in [3.8, 4) is 0 Å². The lowest BCUT2D eigenvalue weighted by atomic mass is 9.46. The molecule has 6 aliphatic rings. The van der Waals surface area contributed by atoms with E-state index in [4.69, 9.17) is 9.47 Å². The van der Waals surface area contributed by atoms with Gasteiger partial charge in [0.1, 0.15) is 12.6 Å². The van der Waals surface area contributed by atoms with Gasteiger partial charge >= 0.3 is 0 Å². The first-order chi connectivity index (χ1) is 30.0. The molecule has 63 heavy (non-hydrogen) atoms. The van der Waals surface area contributed by atoms with Gasteiger partial charge in [-0.05, 0) is 86.6 Å². The van der Waals surface area contributed by atoms with Gasteiger partial charge in [0, 0.05) is 53.8 Å². The van der Waals surface area contributed by atoms with E-state index in [-0.39, 0.29) is 48.7 Å². The molecule has 332 valence electrons. The zero-order valence-corrected chi connectivity index (χ0v) is 36.0. The Labute approximate surface area is 366 Å². The molecule has 4 fully saturated rings. The first kappa shape index (κ1) is 44.2. The number of amides is 4. The molecule has 2 aliphatic heterocycles. The van der Waals surface area contributed by atoms with E-state index in [2.05, 4.69) is 17.6 Å². The Morgan fingerprint density at radius 2 is 1.63 bits per heavy atom. The third-order valence-corrected chi connectivity index (χ3v) is 14.9. The van der Waals surface area contributed by atoms with E-state index in [0.717, 1.165) is 57.7 Å². The molecule has 0 radical (unpaired) electrons. The second-order valence-electron chi connectivity index (χ2n) is 18.7. The van der Waals surface area contributed by atoms with Crippen molar-refractivity contribution in [2.75, 3.05) is 13.2 Å². The summed E-state index contributed by atoms with van der Waals surface area (Å²) in [6.45, 7) is 6.37. The molecular weight excluding hydrogens is 807 g/mol. The van der Waals surface area contributed by atoms with Gasteiger partial charge < -0.3 is 30.3 Å². The Bertz CT molecular complexity index is 2320. The molecule has 1 saturated heterocycles. The molecule has 0 spiro atoms. The van der Waals surface area contributed by atoms with Gasteiger partial charge in [-0.2, -0.15) is 0 Å². The number of rotatable bonds is 14. The van der Waals surface area contributed by atoms with Crippen molar-refractivity contribution in [1.82, 2.24) is 15.5 Å². The van der Waals surface area contributed by atoms with E-state index in [1.165, 1.54) is 6.92 Å². The lowest BCUT2D eigenvalue weighted by molar-refractivity contribution is -0.201. The van der Waals surface area contributed by atoms with Crippen molar-refractivity contribution in [3.63, 3.8) is 0 Å². The zero-order valence-electron chi connectivity index (χ0n) is 36.0. The summed E-state index contributed by atoms with van der Waals surface area (Å²) in [6, 6.07) is 13.6. The van der Waals surface area contributed by atoms with Crippen LogP contribution in [-0.2, 0) is 55.9 Å². The molecule has 2 aromatic carbocycles. The number of fused-ring (bicyclic) bond motifs is 7. The van der Waals surface area contributed by atoms with Crippen molar-refractivity contribution in [1.29, 1.82) is 0 Å². The standard InChI is InChI=1S/C49H55N3O11/c1-27(51-45(61)28(2)50-41(58)17-19-52-42(59)14-15-43(52)60)37(55)22-31-7-5-6-30(21-31)20-29-8-10-32(11-9-29)46-62-40-24-36-35-13-12-33-23-34(54)16-18-47(33,3)44(35)38(56)25-48(36,4)49(40,63-46)39(57)26-53/h5-11,14-16,18,21,23,27-28,35-36,38,40,44,46,53,56H,12-13,17,19-20,22,24-26H2,1-4H3,(H,50,58)(H,51,61)/t27-,28-,35-,36-,38-,40+,44+,46?,47-,48-,49+/m0/s1. The first-order valence-electron chi connectivity index (χ1n) is 21.9. The van der Waals surface area contributed by atoms with Crippen LogP contribution in [-0.4, -0.2) is 99.1 Å². The number of nitrogens with one attached hydrogen (secondary N) is 2. The number of hydrogen-bond acceptors (Lipinski definition) is 11. The van der Waals surface area contributed by atoms with E-state index < -0.39 is 83.0 Å². The third kappa shape index (κ3) is 7.85. The highest BCUT2D eigenvalue weighted by molar-refractivity contribution is 6.13. The molecule has 3 saturated carbocycles. The molecule has 2 aromatic rings. The number of Topliss-reactive ketones (excluding diaryl/α,β-unsaturated/α-hetero) is 2. The smallest absolute Gasteiger partial charge is 0.253 e. The largest absolute Gasteiger partial charge is 0.393 e. The normalized spacial score (nSPS) is 32.6. The van der Waals surface area contributed by atoms with Crippen LogP contribution in [0.25, 0.3) is 0 Å². The van der Waals surface area contributed by atoms with Crippen LogP contribution in [0.5, 0.6) is 0 Å². The third-order valence-electron chi connectivity index (χ3n) is 14.9. The van der Waals surface area contributed by atoms with E-state index in [9.17, 15) is 43.8 Å². The number of carbonyl (C=O) groups is 7. The number of aliphatic hydroxyl groups excluding tert-OH is 2. The van der Waals surface area contributed by atoms with Crippen LogP contribution in [0.3, 0.4) is 0 Å². The fraction of sp³-hybridized carbons (Fsp3) is 0.490. The molecule has 2 heterocycles. The Morgan fingerprint density at radius 1 is 0.921 bits per heavy atom. The molecule has 4 amide bonds. The van der Waals surface area contributed by atoms with Crippen LogP contribution in [0.15, 0.2) is 84.5 Å². The summed E-state index contributed by atoms with van der Waals surface area (Å²) in [5.74, 6) is -2.81. The Morgan fingerprint density at radius 3 is 2.35 bits per heavy atom. The quantitative estimate of drug-likeness (QED) is 0.203. The van der Waals surface area contributed by atoms with Gasteiger partial charge in [-0.25, -0.2) is 0 Å². The van der Waals surface area contributed by atoms with Crippen LogP contribution in [0, 0.1) is 28.6 Å². The monoisotopic (exact) mass is 861 g/mol. The summed E-state index contributed by atoms with van der Waals surface area (Å²) in [7, 11) is 0. The molecule has 0 aromatic heterocycles. The highest BCUT2D eigenvalue weighted by Gasteiger charge is 2.76. The maximum absolute atomic E-state index is 14.0. The summed E-state index contributed by atoms with van der Waals surface area (Å²) < 4.78 is 13.4. The summed E-state index contributed by atoms with van der Waals surface area (Å²) in [5.41, 5.74) is 1.79. The summed E-state index contributed by atoms with van der Waals surface area (Å²) in [5, 5.41) is 27.5. The van der Waals surface area contributed by atoms with E-state index >= 15 is 0 Å². The van der Waals surface area contributed by atoms with Crippen molar-refractivity contribution in [3.05, 3.63) is 107 Å². The average Bonchev–Trinajstić information content (AvgIpc) is 3.87. The molecule has 8 rings (SSSR count). The van der Waals surface area contributed by atoms with Gasteiger partial charge in [-0.1, -0.05) is 74.0 Å². The molecule has 11 atom stereocenters. The summed E-state index contributed by atoms with van der Waals surface area (Å²) >= 11 is 0. The van der Waals surface area contributed by atoms with Crippen LogP contribution < -0.4 is 10.6 Å². The number of carbonyl (C=O) groups excluding carboxylic acids is 7. The highest BCUT2D eigenvalue weighted by Crippen LogP contribution is 2.70. The maximum atomic E-state index is 14.0. The Balaban J connectivity index is 0.869. The Hall–Kier alpha value is -5.41. The first-order valence-corrected chi connectivity index (χ1v) is 21.9. The number of ether oxygens (including phenoxy) is 2. The number of hydrogen-bond donors (Lipinski definition) is 4. The van der Waals surface area contributed by atoms with Gasteiger partial charge in [-0.15, -0.1) is 0 Å². The lowest BCUT2D eigenvalue weighted by Gasteiger charge is -2.59. The number of benzene rings is 2. The molecule has 0 bridgehead atoms. The second-order valence-corrected chi connectivity index (χ2v) is 18.7. The average molecular weight is 862 g/mol. The number of allylic oxidation sites excluding steroid dienone is 4. The molecule has 4 aliphatic carbocycles. The topological polar surface area (TPSA) is 206 Å². The minimum atomic E-state index is -1.44.